The molecular weight excluding hydrogens is 298 g/mol. The van der Waals surface area contributed by atoms with Crippen LogP contribution < -0.4 is 4.90 Å². The molecule has 8 nitrogen and oxygen atoms in total. The molecule has 122 valence electrons. The molecule has 1 aromatic carbocycles. The maximum absolute atomic E-state index is 11.4. The molecule has 0 radical (unpaired) electrons. The van der Waals surface area contributed by atoms with Crippen LogP contribution in [0.5, 0.6) is 0 Å². The summed E-state index contributed by atoms with van der Waals surface area (Å²) in [7, 11) is 0. The van der Waals surface area contributed by atoms with Crippen molar-refractivity contribution < 1.29 is 14.3 Å². The van der Waals surface area contributed by atoms with Gasteiger partial charge in [0, 0.05) is 24.3 Å². The van der Waals surface area contributed by atoms with Gasteiger partial charge in [-0.05, 0) is 36.4 Å². The zero-order valence-electron chi connectivity index (χ0n) is 13.0. The quantitative estimate of drug-likeness (QED) is 0.752. The van der Waals surface area contributed by atoms with Crippen LogP contribution in [-0.4, -0.2) is 59.1 Å². The second-order valence-corrected chi connectivity index (χ2v) is 5.09. The highest BCUT2D eigenvalue weighted by Crippen LogP contribution is 2.20. The van der Waals surface area contributed by atoms with E-state index in [4.69, 9.17) is 9.47 Å². The van der Waals surface area contributed by atoms with Gasteiger partial charge in [-0.15, -0.1) is 10.2 Å². The van der Waals surface area contributed by atoms with Crippen molar-refractivity contribution in [3.8, 4) is 11.4 Å². The van der Waals surface area contributed by atoms with E-state index in [-0.39, 0.29) is 12.5 Å². The third kappa shape index (κ3) is 3.84. The minimum atomic E-state index is -0.376. The number of aromatic nitrogens is 4. The van der Waals surface area contributed by atoms with Crippen LogP contribution in [0.3, 0.4) is 0 Å². The number of tetrazole rings is 1. The molecule has 1 aliphatic heterocycles. The lowest BCUT2D eigenvalue weighted by atomic mass is 10.2. The predicted molar refractivity (Wildman–Crippen MR) is 82.9 cm³/mol. The molecule has 0 amide bonds. The Morgan fingerprint density at radius 1 is 1.26 bits per heavy atom. The monoisotopic (exact) mass is 317 g/mol. The number of hydrogen-bond acceptors (Lipinski definition) is 7. The van der Waals surface area contributed by atoms with E-state index >= 15 is 0 Å². The SMILES string of the molecule is CCOC(=O)Cn1nnc(-c2ccc(N3CCOCC3)cc2)n1. The van der Waals surface area contributed by atoms with E-state index in [1.54, 1.807) is 6.92 Å². The number of carbonyl (C=O) groups excluding carboxylic acids is 1. The summed E-state index contributed by atoms with van der Waals surface area (Å²) in [5, 5.41) is 12.1. The summed E-state index contributed by atoms with van der Waals surface area (Å²) in [6.45, 7) is 5.36. The maximum Gasteiger partial charge on any atom is 0.329 e. The fourth-order valence-electron chi connectivity index (χ4n) is 2.39. The summed E-state index contributed by atoms with van der Waals surface area (Å²) in [4.78, 5) is 14.9. The molecule has 1 saturated heterocycles. The van der Waals surface area contributed by atoms with Gasteiger partial charge in [-0.2, -0.15) is 4.80 Å². The Balaban J connectivity index is 1.67. The minimum absolute atomic E-state index is 0.0350. The number of ether oxygens (including phenoxy) is 2. The van der Waals surface area contributed by atoms with Crippen LogP contribution in [0.4, 0.5) is 5.69 Å². The molecule has 0 spiro atoms. The molecular formula is C15H19N5O3. The van der Waals surface area contributed by atoms with E-state index < -0.39 is 0 Å². The number of rotatable bonds is 5. The van der Waals surface area contributed by atoms with Crippen molar-refractivity contribution in [1.82, 2.24) is 20.2 Å². The van der Waals surface area contributed by atoms with E-state index in [0.29, 0.717) is 12.4 Å². The van der Waals surface area contributed by atoms with Gasteiger partial charge in [0.1, 0.15) is 0 Å². The zero-order chi connectivity index (χ0) is 16.1. The van der Waals surface area contributed by atoms with Crippen LogP contribution in [0.2, 0.25) is 0 Å². The zero-order valence-corrected chi connectivity index (χ0v) is 13.0. The number of morpholine rings is 1. The molecule has 1 aromatic heterocycles. The maximum atomic E-state index is 11.4. The first-order valence-electron chi connectivity index (χ1n) is 7.63. The molecule has 0 aliphatic carbocycles. The molecule has 2 aromatic rings. The van der Waals surface area contributed by atoms with Gasteiger partial charge in [0.05, 0.1) is 19.8 Å². The van der Waals surface area contributed by atoms with Gasteiger partial charge < -0.3 is 14.4 Å². The Hall–Kier alpha value is -2.48. The Morgan fingerprint density at radius 3 is 2.70 bits per heavy atom. The first kappa shape index (κ1) is 15.4. The third-order valence-corrected chi connectivity index (χ3v) is 3.53. The van der Waals surface area contributed by atoms with Gasteiger partial charge in [0.15, 0.2) is 6.54 Å². The van der Waals surface area contributed by atoms with Gasteiger partial charge in [-0.3, -0.25) is 0 Å². The van der Waals surface area contributed by atoms with Gasteiger partial charge >= 0.3 is 5.97 Å². The average Bonchev–Trinajstić information content (AvgIpc) is 3.04. The highest BCUT2D eigenvalue weighted by Gasteiger charge is 2.13. The smallest absolute Gasteiger partial charge is 0.329 e. The first-order valence-corrected chi connectivity index (χ1v) is 7.63. The summed E-state index contributed by atoms with van der Waals surface area (Å²) >= 11 is 0. The molecule has 0 unspecified atom stereocenters. The Morgan fingerprint density at radius 2 is 2.00 bits per heavy atom. The molecule has 0 N–H and O–H groups in total. The van der Waals surface area contributed by atoms with Crippen LogP contribution in [0, 0.1) is 0 Å². The Bertz CT molecular complexity index is 649. The van der Waals surface area contributed by atoms with Crippen molar-refractivity contribution in [1.29, 1.82) is 0 Å². The summed E-state index contributed by atoms with van der Waals surface area (Å²) in [6.07, 6.45) is 0. The lowest BCUT2D eigenvalue weighted by Crippen LogP contribution is -2.36. The molecule has 0 saturated carbocycles. The fraction of sp³-hybridized carbons (Fsp3) is 0.467. The number of hydrogen-bond donors (Lipinski definition) is 0. The molecule has 0 atom stereocenters. The summed E-state index contributed by atoms with van der Waals surface area (Å²) < 4.78 is 10.2. The largest absolute Gasteiger partial charge is 0.465 e. The molecule has 2 heterocycles. The van der Waals surface area contributed by atoms with Crippen LogP contribution in [0.25, 0.3) is 11.4 Å². The predicted octanol–water partition coefficient (Wildman–Crippen LogP) is 0.740. The van der Waals surface area contributed by atoms with Gasteiger partial charge in [0.25, 0.3) is 0 Å². The van der Waals surface area contributed by atoms with E-state index in [1.165, 1.54) is 4.80 Å². The van der Waals surface area contributed by atoms with E-state index in [2.05, 4.69) is 20.3 Å². The van der Waals surface area contributed by atoms with E-state index in [0.717, 1.165) is 37.6 Å². The molecule has 3 rings (SSSR count). The van der Waals surface area contributed by atoms with Crippen molar-refractivity contribution in [3.63, 3.8) is 0 Å². The third-order valence-electron chi connectivity index (χ3n) is 3.53. The fourth-order valence-corrected chi connectivity index (χ4v) is 2.39. The molecule has 8 heteroatoms. The van der Waals surface area contributed by atoms with Crippen molar-refractivity contribution in [2.75, 3.05) is 37.8 Å². The minimum Gasteiger partial charge on any atom is -0.465 e. The van der Waals surface area contributed by atoms with E-state index in [1.807, 2.05) is 24.3 Å². The second kappa shape index (κ2) is 7.19. The molecule has 1 fully saturated rings. The van der Waals surface area contributed by atoms with Crippen LogP contribution in [0.1, 0.15) is 6.92 Å². The van der Waals surface area contributed by atoms with Crippen molar-refractivity contribution in [2.45, 2.75) is 13.5 Å². The van der Waals surface area contributed by atoms with Crippen molar-refractivity contribution in [2.24, 2.45) is 0 Å². The standard InChI is InChI=1S/C15H19N5O3/c1-2-23-14(21)11-20-17-15(16-18-20)12-3-5-13(6-4-12)19-7-9-22-10-8-19/h3-6H,2,7-11H2,1H3. The first-order chi connectivity index (χ1) is 11.3. The van der Waals surface area contributed by atoms with Crippen molar-refractivity contribution in [3.05, 3.63) is 24.3 Å². The van der Waals surface area contributed by atoms with E-state index in [9.17, 15) is 4.79 Å². The highest BCUT2D eigenvalue weighted by molar-refractivity contribution is 5.69. The number of carbonyl (C=O) groups is 1. The number of anilines is 1. The molecule has 1 aliphatic rings. The van der Waals surface area contributed by atoms with Gasteiger partial charge in [0.2, 0.25) is 5.82 Å². The van der Waals surface area contributed by atoms with Crippen molar-refractivity contribution >= 4 is 11.7 Å². The lowest BCUT2D eigenvalue weighted by molar-refractivity contribution is -0.144. The van der Waals surface area contributed by atoms with Crippen LogP contribution >= 0.6 is 0 Å². The molecule has 23 heavy (non-hydrogen) atoms. The molecule has 0 bridgehead atoms. The normalized spacial score (nSPS) is 14.7. The summed E-state index contributed by atoms with van der Waals surface area (Å²) in [6, 6.07) is 7.98. The highest BCUT2D eigenvalue weighted by atomic mass is 16.5. The summed E-state index contributed by atoms with van der Waals surface area (Å²) in [5.41, 5.74) is 2.01. The number of esters is 1. The Kier molecular flexibility index (Phi) is 4.82. The second-order valence-electron chi connectivity index (χ2n) is 5.09. The average molecular weight is 317 g/mol. The van der Waals surface area contributed by atoms with Crippen LogP contribution in [-0.2, 0) is 20.8 Å². The topological polar surface area (TPSA) is 82.4 Å². The van der Waals surface area contributed by atoms with Gasteiger partial charge in [-0.1, -0.05) is 0 Å². The lowest BCUT2D eigenvalue weighted by Gasteiger charge is -2.28. The Labute approximate surface area is 134 Å². The van der Waals surface area contributed by atoms with Gasteiger partial charge in [-0.25, -0.2) is 4.79 Å². The van der Waals surface area contributed by atoms with Crippen LogP contribution in [0.15, 0.2) is 24.3 Å². The number of benzene rings is 1. The number of nitrogens with zero attached hydrogens (tertiary/aromatic N) is 5. The summed E-state index contributed by atoms with van der Waals surface area (Å²) in [5.74, 6) is 0.113.